The molecule has 1 N–H and O–H groups in total. The Labute approximate surface area is 207 Å². The van der Waals surface area contributed by atoms with Crippen molar-refractivity contribution in [1.82, 2.24) is 19.5 Å². The fraction of sp³-hybridized carbons (Fsp3) is 0.310. The van der Waals surface area contributed by atoms with Crippen LogP contribution in [0.5, 0.6) is 0 Å². The van der Waals surface area contributed by atoms with Gasteiger partial charge in [-0.05, 0) is 25.8 Å². The molecule has 35 heavy (non-hydrogen) atoms. The molecular formula is C29H32N5O-. The summed E-state index contributed by atoms with van der Waals surface area (Å²) in [7, 11) is 0. The third kappa shape index (κ3) is 5.08. The average molecular weight is 467 g/mol. The Morgan fingerprint density at radius 2 is 2.03 bits per heavy atom. The summed E-state index contributed by atoms with van der Waals surface area (Å²) in [6.07, 6.45) is 13.0. The molecule has 3 heterocycles. The number of allylic oxidation sites excluding steroid dienone is 3. The highest BCUT2D eigenvalue weighted by Gasteiger charge is 2.31. The number of nitrogens with zero attached hydrogens (tertiary/aromatic N) is 4. The van der Waals surface area contributed by atoms with Crippen LogP contribution in [0.4, 0.5) is 5.95 Å². The van der Waals surface area contributed by atoms with Crippen LogP contribution in [-0.4, -0.2) is 39.3 Å². The van der Waals surface area contributed by atoms with Crippen molar-refractivity contribution in [3.63, 3.8) is 0 Å². The molecule has 2 aliphatic rings. The van der Waals surface area contributed by atoms with E-state index >= 15 is 0 Å². The van der Waals surface area contributed by atoms with Crippen molar-refractivity contribution in [3.05, 3.63) is 90.3 Å². The fourth-order valence-electron chi connectivity index (χ4n) is 4.55. The number of imidazole rings is 1. The minimum atomic E-state index is 0.209. The number of anilines is 1. The van der Waals surface area contributed by atoms with Crippen LogP contribution in [0.3, 0.4) is 0 Å². The molecule has 0 saturated carbocycles. The van der Waals surface area contributed by atoms with Gasteiger partial charge in [-0.2, -0.15) is 12.2 Å². The van der Waals surface area contributed by atoms with E-state index in [2.05, 4.69) is 71.7 Å². The highest BCUT2D eigenvalue weighted by atomic mass is 16.5. The maximum absolute atomic E-state index is 6.18. The third-order valence-electron chi connectivity index (χ3n) is 6.41. The lowest BCUT2D eigenvalue weighted by molar-refractivity contribution is 0.125. The van der Waals surface area contributed by atoms with E-state index in [4.69, 9.17) is 14.7 Å². The van der Waals surface area contributed by atoms with E-state index in [0.717, 1.165) is 65.4 Å². The van der Waals surface area contributed by atoms with E-state index in [1.165, 1.54) is 5.56 Å². The number of fused-ring (bicyclic) bond motifs is 1. The van der Waals surface area contributed by atoms with Crippen LogP contribution in [-0.2, 0) is 11.2 Å². The molecule has 180 valence electrons. The quantitative estimate of drug-likeness (QED) is 0.398. The van der Waals surface area contributed by atoms with E-state index in [1.807, 2.05) is 24.8 Å². The first-order valence-electron chi connectivity index (χ1n) is 12.4. The first kappa shape index (κ1) is 23.1. The number of aromatic nitrogens is 4. The van der Waals surface area contributed by atoms with Crippen LogP contribution < -0.4 is 5.32 Å². The molecular weight excluding hydrogens is 434 g/mol. The predicted molar refractivity (Wildman–Crippen MR) is 141 cm³/mol. The number of benzene rings is 1. The van der Waals surface area contributed by atoms with E-state index in [9.17, 15) is 0 Å². The molecule has 0 unspecified atom stereocenters. The Morgan fingerprint density at radius 3 is 2.80 bits per heavy atom. The number of rotatable bonds is 9. The summed E-state index contributed by atoms with van der Waals surface area (Å²) in [6.45, 7) is 10.2. The van der Waals surface area contributed by atoms with Gasteiger partial charge in [0.05, 0.1) is 29.7 Å². The Morgan fingerprint density at radius 1 is 1.17 bits per heavy atom. The number of aryl methyl sites for hydroxylation is 2. The molecule has 2 aromatic heterocycles. The van der Waals surface area contributed by atoms with E-state index in [1.54, 1.807) is 0 Å². The molecule has 5 rings (SSSR count). The van der Waals surface area contributed by atoms with Crippen LogP contribution in [0.2, 0.25) is 0 Å². The van der Waals surface area contributed by atoms with Gasteiger partial charge in [-0.15, -0.1) is 30.2 Å². The van der Waals surface area contributed by atoms with Crippen LogP contribution in [0, 0.1) is 13.3 Å². The van der Waals surface area contributed by atoms with E-state index in [0.29, 0.717) is 19.2 Å². The predicted octanol–water partition coefficient (Wildman–Crippen LogP) is 5.90. The highest BCUT2D eigenvalue weighted by molar-refractivity contribution is 5.78. The summed E-state index contributed by atoms with van der Waals surface area (Å²) >= 11 is 0. The van der Waals surface area contributed by atoms with Crippen LogP contribution in [0.25, 0.3) is 22.6 Å². The van der Waals surface area contributed by atoms with Crippen molar-refractivity contribution in [2.24, 2.45) is 0 Å². The highest BCUT2D eigenvalue weighted by Crippen LogP contribution is 2.39. The molecule has 6 heteroatoms. The summed E-state index contributed by atoms with van der Waals surface area (Å²) in [5.74, 6) is 1.74. The summed E-state index contributed by atoms with van der Waals surface area (Å²) in [5, 5.41) is 3.32. The van der Waals surface area contributed by atoms with Crippen LogP contribution >= 0.6 is 0 Å². The van der Waals surface area contributed by atoms with Crippen molar-refractivity contribution in [3.8, 4) is 22.6 Å². The Kier molecular flexibility index (Phi) is 6.82. The van der Waals surface area contributed by atoms with Crippen LogP contribution in [0.1, 0.15) is 37.2 Å². The van der Waals surface area contributed by atoms with Gasteiger partial charge < -0.3 is 14.6 Å². The summed E-state index contributed by atoms with van der Waals surface area (Å²) in [6, 6.07) is 10.7. The molecule has 1 atom stereocenters. The number of hydrogen-bond acceptors (Lipinski definition) is 5. The molecule has 1 aliphatic carbocycles. The van der Waals surface area contributed by atoms with Gasteiger partial charge in [-0.25, -0.2) is 15.0 Å². The Balaban J connectivity index is 1.46. The second-order valence-corrected chi connectivity index (χ2v) is 9.18. The van der Waals surface area contributed by atoms with Crippen molar-refractivity contribution >= 4 is 5.95 Å². The monoisotopic (exact) mass is 466 g/mol. The van der Waals surface area contributed by atoms with E-state index < -0.39 is 0 Å². The molecule has 0 fully saturated rings. The zero-order chi connectivity index (χ0) is 24.2. The first-order chi connectivity index (χ1) is 17.1. The van der Waals surface area contributed by atoms with Gasteiger partial charge in [0, 0.05) is 31.3 Å². The smallest absolute Gasteiger partial charge is 0.223 e. The van der Waals surface area contributed by atoms with Crippen molar-refractivity contribution < 1.29 is 4.74 Å². The fourth-order valence-corrected chi connectivity index (χ4v) is 4.55. The number of ether oxygens (including phenoxy) is 1. The largest absolute Gasteiger partial charge is 0.384 e. The molecule has 1 aromatic carbocycles. The summed E-state index contributed by atoms with van der Waals surface area (Å²) in [5.41, 5.74) is 7.39. The molecule has 0 saturated heterocycles. The zero-order valence-electron chi connectivity index (χ0n) is 20.5. The Hall–Kier alpha value is -3.64. The van der Waals surface area contributed by atoms with Gasteiger partial charge in [0.2, 0.25) is 5.95 Å². The minimum Gasteiger partial charge on any atom is -0.384 e. The Bertz CT molecular complexity index is 1270. The maximum atomic E-state index is 6.18. The number of hydrogen-bond donors (Lipinski definition) is 1. The number of nitrogens with one attached hydrogen (secondary N) is 1. The SMILES string of the molecule is C=C1C=CC(COC[C@H]2CCc3nc(-c4ccc(C)cc4)c(-c4ccnc(NCCC)n4)n32)=C[CH-]1. The molecule has 1 aliphatic heterocycles. The van der Waals surface area contributed by atoms with Gasteiger partial charge in [0.25, 0.3) is 0 Å². The summed E-state index contributed by atoms with van der Waals surface area (Å²) < 4.78 is 8.53. The lowest BCUT2D eigenvalue weighted by atomic mass is 10.0. The molecule has 3 aromatic rings. The van der Waals surface area contributed by atoms with Gasteiger partial charge in [-0.3, -0.25) is 0 Å². The lowest BCUT2D eigenvalue weighted by Gasteiger charge is -2.20. The third-order valence-corrected chi connectivity index (χ3v) is 6.41. The molecule has 0 amide bonds. The second-order valence-electron chi connectivity index (χ2n) is 9.18. The first-order valence-corrected chi connectivity index (χ1v) is 12.4. The molecule has 0 bridgehead atoms. The maximum Gasteiger partial charge on any atom is 0.223 e. The standard InChI is InChI=1S/C29H32N5O/c1-4-16-30-29-31-17-15-25(32-29)28-27(23-11-7-21(3)8-12-23)33-26-14-13-24(34(26)28)19-35-18-22-9-5-20(2)6-10-22/h5-12,15,17,24H,2,4,13-14,16,18-19H2,1,3H3,(H,30,31,32)/q-1/t24-/m1/s1. The average Bonchev–Trinajstić information content (AvgIpc) is 3.44. The van der Waals surface area contributed by atoms with E-state index in [-0.39, 0.29) is 6.04 Å². The normalized spacial score (nSPS) is 16.7. The van der Waals surface area contributed by atoms with Crippen molar-refractivity contribution in [1.29, 1.82) is 0 Å². The van der Waals surface area contributed by atoms with Gasteiger partial charge in [0.15, 0.2) is 0 Å². The van der Waals surface area contributed by atoms with Crippen molar-refractivity contribution in [2.75, 3.05) is 25.1 Å². The van der Waals surface area contributed by atoms with Gasteiger partial charge in [-0.1, -0.05) is 36.8 Å². The van der Waals surface area contributed by atoms with Crippen LogP contribution in [0.15, 0.2) is 72.5 Å². The van der Waals surface area contributed by atoms with Gasteiger partial charge >= 0.3 is 0 Å². The topological polar surface area (TPSA) is 64.9 Å². The minimum absolute atomic E-state index is 0.209. The molecule has 0 radical (unpaired) electrons. The lowest BCUT2D eigenvalue weighted by Crippen LogP contribution is -2.15. The second kappa shape index (κ2) is 10.3. The van der Waals surface area contributed by atoms with Crippen molar-refractivity contribution in [2.45, 2.75) is 39.2 Å². The summed E-state index contributed by atoms with van der Waals surface area (Å²) in [4.78, 5) is 14.4. The molecule has 6 nitrogen and oxygen atoms in total. The molecule has 0 spiro atoms. The van der Waals surface area contributed by atoms with Gasteiger partial charge in [0.1, 0.15) is 5.82 Å². The zero-order valence-corrected chi connectivity index (χ0v) is 20.5.